The van der Waals surface area contributed by atoms with Crippen molar-refractivity contribution in [3.8, 4) is 0 Å². The summed E-state index contributed by atoms with van der Waals surface area (Å²) in [5.41, 5.74) is 5.98. The number of carbonyl (C=O) groups is 3. The van der Waals surface area contributed by atoms with Crippen LogP contribution in [0.25, 0.3) is 0 Å². The fraction of sp³-hybridized carbons (Fsp3) is 0.550. The lowest BCUT2D eigenvalue weighted by Crippen LogP contribution is -2.49. The van der Waals surface area contributed by atoms with E-state index in [1.54, 1.807) is 32.2 Å². The molecule has 0 aliphatic carbocycles. The lowest BCUT2D eigenvalue weighted by atomic mass is 9.95. The average Bonchev–Trinajstić information content (AvgIpc) is 2.67. The number of nitrogens with one attached hydrogen (secondary N) is 3. The largest absolute Gasteiger partial charge is 0.397 e. The predicted octanol–water partition coefficient (Wildman–Crippen LogP) is -0.259. The molecule has 9 heteroatoms. The molecule has 0 spiro atoms. The number of aliphatic hydroxyl groups is 1. The van der Waals surface area contributed by atoms with Crippen LogP contribution in [0.5, 0.6) is 0 Å². The predicted molar refractivity (Wildman–Crippen MR) is 110 cm³/mol. The molecule has 1 aromatic carbocycles. The van der Waals surface area contributed by atoms with E-state index in [9.17, 15) is 18.8 Å². The summed E-state index contributed by atoms with van der Waals surface area (Å²) >= 11 is 0. The highest BCUT2D eigenvalue weighted by Crippen LogP contribution is 2.15. The number of ketones is 1. The molecule has 0 bridgehead atoms. The SMILES string of the molecule is CCO.CNCC(NC(=O)CNC(=O)C(CCN)Cc1ccccc1F)C(C)=O. The Morgan fingerprint density at radius 2 is 1.86 bits per heavy atom. The Morgan fingerprint density at radius 1 is 1.24 bits per heavy atom. The molecule has 0 aromatic heterocycles. The van der Waals surface area contributed by atoms with Gasteiger partial charge >= 0.3 is 0 Å². The van der Waals surface area contributed by atoms with E-state index in [0.717, 1.165) is 0 Å². The monoisotopic (exact) mass is 412 g/mol. The molecular weight excluding hydrogens is 379 g/mol. The van der Waals surface area contributed by atoms with E-state index in [2.05, 4.69) is 16.0 Å². The van der Waals surface area contributed by atoms with Gasteiger partial charge in [-0.3, -0.25) is 14.4 Å². The molecule has 0 aliphatic heterocycles. The van der Waals surface area contributed by atoms with Crippen molar-refractivity contribution in [2.24, 2.45) is 11.7 Å². The fourth-order valence-electron chi connectivity index (χ4n) is 2.51. The van der Waals surface area contributed by atoms with Crippen molar-refractivity contribution >= 4 is 17.6 Å². The van der Waals surface area contributed by atoms with Crippen molar-refractivity contribution in [2.75, 3.05) is 33.3 Å². The highest BCUT2D eigenvalue weighted by Gasteiger charge is 2.21. The van der Waals surface area contributed by atoms with E-state index in [-0.39, 0.29) is 43.6 Å². The average molecular weight is 413 g/mol. The Kier molecular flexibility index (Phi) is 14.3. The van der Waals surface area contributed by atoms with E-state index in [0.29, 0.717) is 18.5 Å². The van der Waals surface area contributed by atoms with Gasteiger partial charge in [0.15, 0.2) is 5.78 Å². The molecule has 1 aromatic rings. The summed E-state index contributed by atoms with van der Waals surface area (Å²) in [5, 5.41) is 15.5. The normalized spacial score (nSPS) is 12.2. The third-order valence-electron chi connectivity index (χ3n) is 3.97. The second kappa shape index (κ2) is 15.5. The van der Waals surface area contributed by atoms with Gasteiger partial charge in [0.05, 0.1) is 12.6 Å². The lowest BCUT2D eigenvalue weighted by molar-refractivity contribution is -0.130. The van der Waals surface area contributed by atoms with Crippen LogP contribution in [0.15, 0.2) is 24.3 Å². The first-order valence-corrected chi connectivity index (χ1v) is 9.57. The van der Waals surface area contributed by atoms with Gasteiger partial charge in [-0.1, -0.05) is 18.2 Å². The van der Waals surface area contributed by atoms with Crippen molar-refractivity contribution in [1.29, 1.82) is 0 Å². The van der Waals surface area contributed by atoms with Gasteiger partial charge in [0.2, 0.25) is 11.8 Å². The molecule has 0 fully saturated rings. The van der Waals surface area contributed by atoms with Gasteiger partial charge in [0.1, 0.15) is 5.82 Å². The van der Waals surface area contributed by atoms with Gasteiger partial charge < -0.3 is 26.8 Å². The number of likely N-dealkylation sites (N-methyl/N-ethyl adjacent to an activating group) is 1. The molecule has 1 rings (SSSR count). The number of amides is 2. The maximum atomic E-state index is 13.8. The first-order valence-electron chi connectivity index (χ1n) is 9.57. The molecule has 0 heterocycles. The maximum Gasteiger partial charge on any atom is 0.240 e. The number of aliphatic hydroxyl groups excluding tert-OH is 1. The molecule has 2 unspecified atom stereocenters. The van der Waals surface area contributed by atoms with E-state index in [4.69, 9.17) is 10.8 Å². The zero-order valence-electron chi connectivity index (χ0n) is 17.3. The molecule has 6 N–H and O–H groups in total. The van der Waals surface area contributed by atoms with Crippen LogP contribution >= 0.6 is 0 Å². The van der Waals surface area contributed by atoms with E-state index >= 15 is 0 Å². The quantitative estimate of drug-likeness (QED) is 0.340. The van der Waals surface area contributed by atoms with Crippen molar-refractivity contribution < 1.29 is 23.9 Å². The second-order valence-electron chi connectivity index (χ2n) is 6.39. The van der Waals surface area contributed by atoms with Crippen molar-refractivity contribution in [3.05, 3.63) is 35.6 Å². The number of hydrogen-bond donors (Lipinski definition) is 5. The topological polar surface area (TPSA) is 134 Å². The van der Waals surface area contributed by atoms with Gasteiger partial charge in [0, 0.05) is 19.1 Å². The second-order valence-corrected chi connectivity index (χ2v) is 6.39. The summed E-state index contributed by atoms with van der Waals surface area (Å²) in [6, 6.07) is 5.59. The highest BCUT2D eigenvalue weighted by atomic mass is 19.1. The number of hydrogen-bond acceptors (Lipinski definition) is 6. The summed E-state index contributed by atoms with van der Waals surface area (Å²) in [7, 11) is 1.67. The Labute approximate surface area is 171 Å². The number of carbonyl (C=O) groups excluding carboxylic acids is 3. The van der Waals surface area contributed by atoms with E-state index in [1.807, 2.05) is 0 Å². The van der Waals surface area contributed by atoms with Crippen LogP contribution in [0.4, 0.5) is 4.39 Å². The molecule has 2 atom stereocenters. The third-order valence-corrected chi connectivity index (χ3v) is 3.97. The number of rotatable bonds is 11. The minimum Gasteiger partial charge on any atom is -0.397 e. The van der Waals surface area contributed by atoms with Crippen molar-refractivity contribution in [1.82, 2.24) is 16.0 Å². The highest BCUT2D eigenvalue weighted by molar-refractivity contribution is 5.90. The van der Waals surface area contributed by atoms with Crippen LogP contribution in [-0.4, -0.2) is 62.0 Å². The first kappa shape index (κ1) is 26.6. The van der Waals surface area contributed by atoms with Crippen molar-refractivity contribution in [3.63, 3.8) is 0 Å². The third kappa shape index (κ3) is 11.3. The number of nitrogens with two attached hydrogens (primary N) is 1. The van der Waals surface area contributed by atoms with Crippen LogP contribution in [0.1, 0.15) is 25.8 Å². The molecule has 2 amide bonds. The van der Waals surface area contributed by atoms with Crippen LogP contribution in [-0.2, 0) is 20.8 Å². The molecule has 0 saturated heterocycles. The molecule has 0 aliphatic rings. The summed E-state index contributed by atoms with van der Waals surface area (Å²) in [6.07, 6.45) is 0.574. The van der Waals surface area contributed by atoms with Crippen LogP contribution in [0, 0.1) is 11.7 Å². The van der Waals surface area contributed by atoms with Crippen LogP contribution < -0.4 is 21.7 Å². The zero-order valence-corrected chi connectivity index (χ0v) is 17.3. The lowest BCUT2D eigenvalue weighted by Gasteiger charge is -2.18. The van der Waals surface area contributed by atoms with Gasteiger partial charge in [-0.25, -0.2) is 4.39 Å². The zero-order chi connectivity index (χ0) is 22.2. The molecule has 164 valence electrons. The summed E-state index contributed by atoms with van der Waals surface area (Å²) in [6.45, 7) is 3.63. The van der Waals surface area contributed by atoms with Gasteiger partial charge in [-0.2, -0.15) is 0 Å². The Bertz CT molecular complexity index is 643. The van der Waals surface area contributed by atoms with Gasteiger partial charge in [-0.15, -0.1) is 0 Å². The molecule has 29 heavy (non-hydrogen) atoms. The van der Waals surface area contributed by atoms with Crippen molar-refractivity contribution in [2.45, 2.75) is 32.7 Å². The standard InChI is InChI=1S/C18H27FN4O3.C2H6O/c1-12(24)16(10-21-2)23-17(25)11-22-18(26)14(7-8-20)9-13-5-3-4-6-15(13)19;1-2-3/h3-6,14,16,21H,7-11,20H2,1-2H3,(H,22,26)(H,23,25);3H,2H2,1H3. The Hall–Kier alpha value is -2.36. The number of halogens is 1. The number of benzene rings is 1. The first-order chi connectivity index (χ1) is 13.8. The Morgan fingerprint density at radius 3 is 2.38 bits per heavy atom. The summed E-state index contributed by atoms with van der Waals surface area (Å²) in [4.78, 5) is 35.7. The van der Waals surface area contributed by atoms with E-state index < -0.39 is 17.9 Å². The summed E-state index contributed by atoms with van der Waals surface area (Å²) < 4.78 is 13.8. The van der Waals surface area contributed by atoms with E-state index in [1.165, 1.54) is 13.0 Å². The molecule has 8 nitrogen and oxygen atoms in total. The minimum atomic E-state index is -0.650. The van der Waals surface area contributed by atoms with Gasteiger partial charge in [-0.05, 0) is 51.9 Å². The molecule has 0 radical (unpaired) electrons. The Balaban J connectivity index is 0.00000245. The maximum absolute atomic E-state index is 13.8. The minimum absolute atomic E-state index is 0.181. The molecule has 0 saturated carbocycles. The van der Waals surface area contributed by atoms with Crippen LogP contribution in [0.3, 0.4) is 0 Å². The van der Waals surface area contributed by atoms with Gasteiger partial charge in [0.25, 0.3) is 0 Å². The smallest absolute Gasteiger partial charge is 0.240 e. The molecular formula is C20H33FN4O4. The fourth-order valence-corrected chi connectivity index (χ4v) is 2.51. The summed E-state index contributed by atoms with van der Waals surface area (Å²) in [5.74, 6) is -1.94. The van der Waals surface area contributed by atoms with Crippen LogP contribution in [0.2, 0.25) is 0 Å². The number of Topliss-reactive ketones (excluding diaryl/α,β-unsaturated/α-hetero) is 1.